The Morgan fingerprint density at radius 1 is 1.12 bits per heavy atom. The van der Waals surface area contributed by atoms with Crippen LogP contribution in [0.4, 0.5) is 5.82 Å². The van der Waals surface area contributed by atoms with E-state index < -0.39 is 0 Å². The summed E-state index contributed by atoms with van der Waals surface area (Å²) in [6.07, 6.45) is 5.08. The van der Waals surface area contributed by atoms with Gasteiger partial charge in [-0.3, -0.25) is 14.6 Å². The van der Waals surface area contributed by atoms with Gasteiger partial charge in [-0.2, -0.15) is 5.10 Å². The molecule has 3 heterocycles. The third kappa shape index (κ3) is 3.60. The van der Waals surface area contributed by atoms with E-state index in [0.717, 1.165) is 37.7 Å². The average molecular weight is 348 g/mol. The maximum atomic E-state index is 4.72. The quantitative estimate of drug-likeness (QED) is 0.768. The van der Waals surface area contributed by atoms with Gasteiger partial charge in [-0.15, -0.1) is 0 Å². The van der Waals surface area contributed by atoms with Crippen LogP contribution in [0.2, 0.25) is 0 Å². The number of aryl methyl sites for hydroxylation is 2. The van der Waals surface area contributed by atoms with E-state index in [4.69, 9.17) is 5.10 Å². The van der Waals surface area contributed by atoms with Gasteiger partial charge in [0.2, 0.25) is 0 Å². The molecule has 6 heteroatoms. The predicted octanol–water partition coefficient (Wildman–Crippen LogP) is 2.92. The average Bonchev–Trinajstić information content (AvgIpc) is 3.06. The van der Waals surface area contributed by atoms with Gasteiger partial charge in [0.25, 0.3) is 0 Å². The second kappa shape index (κ2) is 7.25. The number of hydrogen-bond donors (Lipinski definition) is 1. The standard InChI is InChI=1S/C20H24N6/c1-15-4-3-5-16(2)19(15)14-25-8-9-26-18(13-25)10-17(24-26)11-23-20-12-21-6-7-22-20/h3-7,10,12H,8-9,11,13-14H2,1-2H3,(H,22,23). The van der Waals surface area contributed by atoms with Crippen LogP contribution in [0.3, 0.4) is 0 Å². The maximum absolute atomic E-state index is 4.72. The molecule has 1 N–H and O–H groups in total. The number of anilines is 1. The van der Waals surface area contributed by atoms with Crippen molar-refractivity contribution in [3.63, 3.8) is 0 Å². The molecule has 4 rings (SSSR count). The molecule has 1 aliphatic rings. The van der Waals surface area contributed by atoms with Crippen molar-refractivity contribution in [2.75, 3.05) is 11.9 Å². The SMILES string of the molecule is Cc1cccc(C)c1CN1CCn2nc(CNc3cnccn3)cc2C1. The minimum absolute atomic E-state index is 0.662. The van der Waals surface area contributed by atoms with Crippen LogP contribution in [0, 0.1) is 13.8 Å². The van der Waals surface area contributed by atoms with Crippen molar-refractivity contribution >= 4 is 5.82 Å². The zero-order chi connectivity index (χ0) is 17.9. The van der Waals surface area contributed by atoms with E-state index in [1.807, 2.05) is 0 Å². The highest BCUT2D eigenvalue weighted by Crippen LogP contribution is 2.20. The summed E-state index contributed by atoms with van der Waals surface area (Å²) in [5.41, 5.74) is 6.51. The van der Waals surface area contributed by atoms with Crippen LogP contribution < -0.4 is 5.32 Å². The highest BCUT2D eigenvalue weighted by molar-refractivity contribution is 5.34. The molecule has 134 valence electrons. The summed E-state index contributed by atoms with van der Waals surface area (Å²) < 4.78 is 2.13. The molecule has 3 aromatic rings. The van der Waals surface area contributed by atoms with Crippen LogP contribution in [0.25, 0.3) is 0 Å². The summed E-state index contributed by atoms with van der Waals surface area (Å²) in [4.78, 5) is 10.8. The molecule has 0 fully saturated rings. The first kappa shape index (κ1) is 16.7. The number of benzene rings is 1. The summed E-state index contributed by atoms with van der Waals surface area (Å²) >= 11 is 0. The molecule has 0 amide bonds. The van der Waals surface area contributed by atoms with Crippen LogP contribution in [0.15, 0.2) is 42.9 Å². The molecule has 0 saturated carbocycles. The van der Waals surface area contributed by atoms with E-state index in [9.17, 15) is 0 Å². The second-order valence-electron chi connectivity index (χ2n) is 6.88. The van der Waals surface area contributed by atoms with Gasteiger partial charge in [0, 0.05) is 32.0 Å². The van der Waals surface area contributed by atoms with Crippen molar-refractivity contribution in [1.82, 2.24) is 24.6 Å². The van der Waals surface area contributed by atoms with E-state index >= 15 is 0 Å². The lowest BCUT2D eigenvalue weighted by molar-refractivity contribution is 0.204. The van der Waals surface area contributed by atoms with Crippen molar-refractivity contribution in [1.29, 1.82) is 0 Å². The third-order valence-electron chi connectivity index (χ3n) is 4.97. The molecule has 0 aliphatic carbocycles. The summed E-state index contributed by atoms with van der Waals surface area (Å²) in [6, 6.07) is 8.73. The molecule has 6 nitrogen and oxygen atoms in total. The first-order valence-corrected chi connectivity index (χ1v) is 9.02. The topological polar surface area (TPSA) is 58.9 Å². The van der Waals surface area contributed by atoms with Crippen LogP contribution in [0.5, 0.6) is 0 Å². The molecular weight excluding hydrogens is 324 g/mol. The van der Waals surface area contributed by atoms with Gasteiger partial charge in [0.15, 0.2) is 0 Å². The first-order valence-electron chi connectivity index (χ1n) is 9.02. The van der Waals surface area contributed by atoms with Gasteiger partial charge in [0.1, 0.15) is 5.82 Å². The van der Waals surface area contributed by atoms with Crippen molar-refractivity contribution < 1.29 is 0 Å². The minimum atomic E-state index is 0.662. The number of rotatable bonds is 5. The van der Waals surface area contributed by atoms with Gasteiger partial charge in [-0.05, 0) is 36.6 Å². The Morgan fingerprint density at radius 2 is 1.96 bits per heavy atom. The van der Waals surface area contributed by atoms with Crippen molar-refractivity contribution in [3.05, 3.63) is 70.9 Å². The Balaban J connectivity index is 1.42. The number of nitrogens with one attached hydrogen (secondary N) is 1. The summed E-state index contributed by atoms with van der Waals surface area (Å²) in [5, 5.41) is 7.99. The summed E-state index contributed by atoms with van der Waals surface area (Å²) in [7, 11) is 0. The van der Waals surface area contributed by atoms with Crippen LogP contribution >= 0.6 is 0 Å². The van der Waals surface area contributed by atoms with Crippen LogP contribution in [0.1, 0.15) is 28.1 Å². The number of fused-ring (bicyclic) bond motifs is 1. The molecule has 0 unspecified atom stereocenters. The monoisotopic (exact) mass is 348 g/mol. The molecule has 0 saturated heterocycles. The fourth-order valence-corrected chi connectivity index (χ4v) is 3.49. The van der Waals surface area contributed by atoms with Crippen LogP contribution in [-0.2, 0) is 26.2 Å². The second-order valence-corrected chi connectivity index (χ2v) is 6.88. The highest BCUT2D eigenvalue weighted by Gasteiger charge is 2.19. The molecule has 2 aromatic heterocycles. The molecule has 26 heavy (non-hydrogen) atoms. The fraction of sp³-hybridized carbons (Fsp3) is 0.350. The van der Waals surface area contributed by atoms with Crippen molar-refractivity contribution in [3.8, 4) is 0 Å². The molecule has 1 aliphatic heterocycles. The Kier molecular flexibility index (Phi) is 4.67. The Bertz CT molecular complexity index is 866. The Labute approximate surface area is 153 Å². The predicted molar refractivity (Wildman–Crippen MR) is 102 cm³/mol. The number of hydrogen-bond acceptors (Lipinski definition) is 5. The number of nitrogens with zero attached hydrogens (tertiary/aromatic N) is 5. The zero-order valence-corrected chi connectivity index (χ0v) is 15.3. The van der Waals surface area contributed by atoms with Gasteiger partial charge in [-0.25, -0.2) is 4.98 Å². The van der Waals surface area contributed by atoms with E-state index in [-0.39, 0.29) is 0 Å². The van der Waals surface area contributed by atoms with E-state index in [1.165, 1.54) is 22.4 Å². The van der Waals surface area contributed by atoms with Crippen molar-refractivity contribution in [2.45, 2.75) is 40.0 Å². The van der Waals surface area contributed by atoms with Gasteiger partial charge < -0.3 is 5.32 Å². The molecule has 1 aromatic carbocycles. The van der Waals surface area contributed by atoms with Gasteiger partial charge >= 0.3 is 0 Å². The maximum Gasteiger partial charge on any atom is 0.144 e. The molecular formula is C20H24N6. The summed E-state index contributed by atoms with van der Waals surface area (Å²) in [5.74, 6) is 0.773. The largest absolute Gasteiger partial charge is 0.363 e. The first-order chi connectivity index (χ1) is 12.7. The lowest BCUT2D eigenvalue weighted by Crippen LogP contribution is -2.33. The number of aromatic nitrogens is 4. The lowest BCUT2D eigenvalue weighted by Gasteiger charge is -2.28. The lowest BCUT2D eigenvalue weighted by atomic mass is 10.0. The fourth-order valence-electron chi connectivity index (χ4n) is 3.49. The smallest absolute Gasteiger partial charge is 0.144 e. The van der Waals surface area contributed by atoms with E-state index in [1.54, 1.807) is 18.6 Å². The Hall–Kier alpha value is -2.73. The highest BCUT2D eigenvalue weighted by atomic mass is 15.3. The molecule has 0 spiro atoms. The Morgan fingerprint density at radius 3 is 2.73 bits per heavy atom. The minimum Gasteiger partial charge on any atom is -0.363 e. The molecule has 0 atom stereocenters. The third-order valence-corrected chi connectivity index (χ3v) is 4.97. The van der Waals surface area contributed by atoms with E-state index in [2.05, 4.69) is 63.0 Å². The molecule has 0 bridgehead atoms. The zero-order valence-electron chi connectivity index (χ0n) is 15.3. The van der Waals surface area contributed by atoms with Crippen molar-refractivity contribution in [2.24, 2.45) is 0 Å². The molecule has 0 radical (unpaired) electrons. The van der Waals surface area contributed by atoms with Gasteiger partial charge in [0.05, 0.1) is 30.7 Å². The van der Waals surface area contributed by atoms with E-state index in [0.29, 0.717) is 6.54 Å². The van der Waals surface area contributed by atoms with Crippen LogP contribution in [-0.4, -0.2) is 31.2 Å². The normalized spacial score (nSPS) is 14.2. The van der Waals surface area contributed by atoms with Gasteiger partial charge in [-0.1, -0.05) is 18.2 Å². The summed E-state index contributed by atoms with van der Waals surface area (Å²) in [6.45, 7) is 8.96.